The summed E-state index contributed by atoms with van der Waals surface area (Å²) in [6.07, 6.45) is 2.28. The second-order valence-electron chi connectivity index (χ2n) is 7.48. The van der Waals surface area contributed by atoms with Crippen molar-refractivity contribution in [3.8, 4) is 11.5 Å². The molecule has 1 saturated carbocycles. The maximum atomic E-state index is 12.9. The molecular formula is C25H23BrN2O3. The molecule has 1 amide bonds. The molecule has 31 heavy (non-hydrogen) atoms. The number of aromatic hydroxyl groups is 1. The van der Waals surface area contributed by atoms with Gasteiger partial charge in [-0.2, -0.15) is 5.10 Å². The van der Waals surface area contributed by atoms with Crippen LogP contribution in [0, 0.1) is 5.92 Å². The number of ether oxygens (including phenoxy) is 1. The molecule has 0 radical (unpaired) electrons. The predicted molar refractivity (Wildman–Crippen MR) is 124 cm³/mol. The first-order valence-corrected chi connectivity index (χ1v) is 10.9. The molecule has 3 aromatic rings. The minimum absolute atomic E-state index is 0.0384. The van der Waals surface area contributed by atoms with E-state index in [2.05, 4.69) is 50.7 Å². The smallest absolute Gasteiger partial charge is 0.244 e. The zero-order chi connectivity index (χ0) is 21.8. The van der Waals surface area contributed by atoms with Crippen LogP contribution in [-0.4, -0.2) is 23.8 Å². The van der Waals surface area contributed by atoms with Gasteiger partial charge in [-0.3, -0.25) is 4.79 Å². The Labute approximate surface area is 189 Å². The molecular weight excluding hydrogens is 456 g/mol. The number of carbonyl (C=O) groups excluding carboxylic acids is 1. The van der Waals surface area contributed by atoms with Gasteiger partial charge in [-0.1, -0.05) is 60.7 Å². The average molecular weight is 479 g/mol. The van der Waals surface area contributed by atoms with Crippen LogP contribution < -0.4 is 10.2 Å². The molecule has 0 aliphatic heterocycles. The number of halogens is 1. The van der Waals surface area contributed by atoms with E-state index in [0.717, 1.165) is 17.5 Å². The highest BCUT2D eigenvalue weighted by atomic mass is 79.9. The van der Waals surface area contributed by atoms with Crippen molar-refractivity contribution in [1.82, 2.24) is 5.43 Å². The van der Waals surface area contributed by atoms with Gasteiger partial charge >= 0.3 is 0 Å². The second-order valence-corrected chi connectivity index (χ2v) is 8.33. The molecule has 1 atom stereocenters. The fraction of sp³-hybridized carbons (Fsp3) is 0.200. The summed E-state index contributed by atoms with van der Waals surface area (Å²) in [7, 11) is 0. The van der Waals surface area contributed by atoms with Gasteiger partial charge < -0.3 is 9.84 Å². The molecule has 2 N–H and O–H groups in total. The molecule has 0 bridgehead atoms. The summed E-state index contributed by atoms with van der Waals surface area (Å²) >= 11 is 3.31. The zero-order valence-corrected chi connectivity index (χ0v) is 18.7. The Morgan fingerprint density at radius 3 is 2.35 bits per heavy atom. The molecule has 6 heteroatoms. The molecule has 0 spiro atoms. The van der Waals surface area contributed by atoms with Crippen LogP contribution in [0.1, 0.15) is 30.0 Å². The normalized spacial score (nSPS) is 16.8. The lowest BCUT2D eigenvalue weighted by Crippen LogP contribution is -2.25. The van der Waals surface area contributed by atoms with Crippen LogP contribution in [-0.2, 0) is 10.2 Å². The quantitative estimate of drug-likeness (QED) is 0.370. The second kappa shape index (κ2) is 8.94. The highest BCUT2D eigenvalue weighted by molar-refractivity contribution is 9.10. The SMILES string of the molecule is CCOc1cc(/C=N\NC(=O)[C@H]2CC2(c2ccccc2)c2ccccc2)cc(Br)c1O. The minimum Gasteiger partial charge on any atom is -0.503 e. The number of nitrogens with one attached hydrogen (secondary N) is 1. The number of benzene rings is 3. The van der Waals surface area contributed by atoms with E-state index in [1.807, 2.05) is 43.3 Å². The lowest BCUT2D eigenvalue weighted by atomic mass is 9.85. The average Bonchev–Trinajstić information content (AvgIpc) is 3.56. The van der Waals surface area contributed by atoms with Crippen molar-refractivity contribution in [3.63, 3.8) is 0 Å². The number of amides is 1. The summed E-state index contributed by atoms with van der Waals surface area (Å²) < 4.78 is 5.93. The van der Waals surface area contributed by atoms with Gasteiger partial charge in [-0.05, 0) is 58.1 Å². The summed E-state index contributed by atoms with van der Waals surface area (Å²) in [6, 6.07) is 23.7. The van der Waals surface area contributed by atoms with Crippen molar-refractivity contribution < 1.29 is 14.6 Å². The van der Waals surface area contributed by atoms with E-state index < -0.39 is 0 Å². The molecule has 158 valence electrons. The lowest BCUT2D eigenvalue weighted by molar-refractivity contribution is -0.122. The van der Waals surface area contributed by atoms with Gasteiger partial charge in [0.1, 0.15) is 0 Å². The number of phenolic OH excluding ortho intramolecular Hbond substituents is 1. The molecule has 1 fully saturated rings. The van der Waals surface area contributed by atoms with Gasteiger partial charge in [0.25, 0.3) is 0 Å². The Bertz CT molecular complexity index is 1060. The van der Waals surface area contributed by atoms with Crippen molar-refractivity contribution in [2.45, 2.75) is 18.8 Å². The summed E-state index contributed by atoms with van der Waals surface area (Å²) in [5.74, 6) is 0.0855. The minimum atomic E-state index is -0.328. The maximum absolute atomic E-state index is 12.9. The maximum Gasteiger partial charge on any atom is 0.244 e. The van der Waals surface area contributed by atoms with E-state index in [4.69, 9.17) is 4.74 Å². The fourth-order valence-electron chi connectivity index (χ4n) is 4.04. The molecule has 0 saturated heterocycles. The van der Waals surface area contributed by atoms with E-state index in [9.17, 15) is 9.90 Å². The fourth-order valence-corrected chi connectivity index (χ4v) is 4.50. The monoisotopic (exact) mass is 478 g/mol. The molecule has 4 rings (SSSR count). The van der Waals surface area contributed by atoms with Crippen molar-refractivity contribution in [3.05, 3.63) is 94.0 Å². The third-order valence-electron chi connectivity index (χ3n) is 5.59. The van der Waals surface area contributed by atoms with Gasteiger partial charge in [0.15, 0.2) is 11.5 Å². The van der Waals surface area contributed by atoms with E-state index >= 15 is 0 Å². The first-order chi connectivity index (χ1) is 15.1. The first kappa shape index (κ1) is 21.1. The molecule has 3 aromatic carbocycles. The van der Waals surface area contributed by atoms with Crippen LogP contribution in [0.25, 0.3) is 0 Å². The Morgan fingerprint density at radius 1 is 1.16 bits per heavy atom. The van der Waals surface area contributed by atoms with Crippen molar-refractivity contribution in [1.29, 1.82) is 0 Å². The number of hydrogen-bond donors (Lipinski definition) is 2. The van der Waals surface area contributed by atoms with Crippen molar-refractivity contribution in [2.75, 3.05) is 6.61 Å². The molecule has 0 unspecified atom stereocenters. The molecule has 0 heterocycles. The standard InChI is InChI=1S/C25H23BrN2O3/c1-2-31-22-14-17(13-21(26)23(22)29)16-27-28-24(30)20-15-25(20,18-9-5-3-6-10-18)19-11-7-4-8-12-19/h3-14,16,20,29H,2,15H2,1H3,(H,28,30)/b27-16-/t20-/m1/s1. The Balaban J connectivity index is 1.52. The summed E-state index contributed by atoms with van der Waals surface area (Å²) in [5, 5.41) is 14.2. The third kappa shape index (κ3) is 4.21. The van der Waals surface area contributed by atoms with Crippen LogP contribution in [0.2, 0.25) is 0 Å². The number of rotatable bonds is 7. The number of nitrogens with zero attached hydrogens (tertiary/aromatic N) is 1. The van der Waals surface area contributed by atoms with Crippen LogP contribution in [0.15, 0.2) is 82.4 Å². The van der Waals surface area contributed by atoms with Gasteiger partial charge in [0.2, 0.25) is 5.91 Å². The van der Waals surface area contributed by atoms with E-state index in [1.54, 1.807) is 18.3 Å². The highest BCUT2D eigenvalue weighted by Gasteiger charge is 2.60. The third-order valence-corrected chi connectivity index (χ3v) is 6.20. The summed E-state index contributed by atoms with van der Waals surface area (Å²) in [5.41, 5.74) is 5.32. The number of carbonyl (C=O) groups is 1. The van der Waals surface area contributed by atoms with Crippen LogP contribution in [0.4, 0.5) is 0 Å². The Kier molecular flexibility index (Phi) is 6.09. The number of hydrazone groups is 1. The first-order valence-electron chi connectivity index (χ1n) is 10.2. The van der Waals surface area contributed by atoms with Crippen LogP contribution in [0.5, 0.6) is 11.5 Å². The van der Waals surface area contributed by atoms with Gasteiger partial charge in [0.05, 0.1) is 23.2 Å². The molecule has 0 aromatic heterocycles. The van der Waals surface area contributed by atoms with E-state index in [-0.39, 0.29) is 23.0 Å². The van der Waals surface area contributed by atoms with Crippen LogP contribution >= 0.6 is 15.9 Å². The topological polar surface area (TPSA) is 70.9 Å². The Morgan fingerprint density at radius 2 is 1.77 bits per heavy atom. The lowest BCUT2D eigenvalue weighted by Gasteiger charge is -2.18. The van der Waals surface area contributed by atoms with E-state index in [1.165, 1.54) is 0 Å². The molecule has 5 nitrogen and oxygen atoms in total. The summed E-state index contributed by atoms with van der Waals surface area (Å²) in [6.45, 7) is 2.27. The van der Waals surface area contributed by atoms with Gasteiger partial charge in [0, 0.05) is 5.41 Å². The highest BCUT2D eigenvalue weighted by Crippen LogP contribution is 2.58. The number of phenols is 1. The molecule has 1 aliphatic rings. The van der Waals surface area contributed by atoms with Gasteiger partial charge in [-0.15, -0.1) is 0 Å². The predicted octanol–water partition coefficient (Wildman–Crippen LogP) is 5.01. The van der Waals surface area contributed by atoms with Crippen molar-refractivity contribution in [2.24, 2.45) is 11.0 Å². The van der Waals surface area contributed by atoms with Gasteiger partial charge in [-0.25, -0.2) is 5.43 Å². The Hall–Kier alpha value is -3.12. The van der Waals surface area contributed by atoms with Crippen molar-refractivity contribution >= 4 is 28.1 Å². The molecule has 1 aliphatic carbocycles. The zero-order valence-electron chi connectivity index (χ0n) is 17.1. The van der Waals surface area contributed by atoms with E-state index in [0.29, 0.717) is 22.4 Å². The van der Waals surface area contributed by atoms with Crippen LogP contribution in [0.3, 0.4) is 0 Å². The largest absolute Gasteiger partial charge is 0.503 e. The summed E-state index contributed by atoms with van der Waals surface area (Å²) in [4.78, 5) is 12.9. The number of hydrogen-bond acceptors (Lipinski definition) is 4.